The van der Waals surface area contributed by atoms with E-state index in [9.17, 15) is 4.79 Å². The second-order valence-corrected chi connectivity index (χ2v) is 13.1. The number of hydrogen-bond donors (Lipinski definition) is 0. The molecule has 0 aliphatic carbocycles. The van der Waals surface area contributed by atoms with Crippen molar-refractivity contribution in [2.24, 2.45) is 0 Å². The largest absolute Gasteiger partial charge is 0.277 e. The molecule has 0 aliphatic rings. The van der Waals surface area contributed by atoms with Gasteiger partial charge in [-0.15, -0.1) is 0 Å². The minimum atomic E-state index is -1.75. The number of aromatic nitrogens is 2. The van der Waals surface area contributed by atoms with E-state index >= 15 is 0 Å². The van der Waals surface area contributed by atoms with Gasteiger partial charge in [-0.05, 0) is 42.0 Å². The highest BCUT2D eigenvalue weighted by Crippen LogP contribution is 2.20. The summed E-state index contributed by atoms with van der Waals surface area (Å²) in [6, 6.07) is 12.1. The Labute approximate surface area is 157 Å². The molecule has 0 saturated heterocycles. The van der Waals surface area contributed by atoms with Crippen molar-refractivity contribution in [3.8, 4) is 0 Å². The van der Waals surface area contributed by atoms with Gasteiger partial charge in [-0.25, -0.2) is 4.68 Å². The fraction of sp³-hybridized carbons (Fsp3) is 0.409. The summed E-state index contributed by atoms with van der Waals surface area (Å²) in [6.45, 7) is 9.26. The van der Waals surface area contributed by atoms with E-state index in [1.165, 1.54) is 36.6 Å². The fourth-order valence-electron chi connectivity index (χ4n) is 3.83. The van der Waals surface area contributed by atoms with Gasteiger partial charge in [0, 0.05) is 23.1 Å². The van der Waals surface area contributed by atoms with Crippen LogP contribution in [0.5, 0.6) is 0 Å². The highest BCUT2D eigenvalue weighted by atomic mass is 28.3. The Bertz CT molecular complexity index is 933. The maximum absolute atomic E-state index is 13.4. The Morgan fingerprint density at radius 2 is 1.54 bits per heavy atom. The Hall–Kier alpha value is -2.07. The monoisotopic (exact) mass is 366 g/mol. The summed E-state index contributed by atoms with van der Waals surface area (Å²) in [5.74, 6) is 0. The zero-order valence-corrected chi connectivity index (χ0v) is 17.5. The van der Waals surface area contributed by atoms with Crippen molar-refractivity contribution >= 4 is 24.2 Å². The van der Waals surface area contributed by atoms with Crippen LogP contribution in [0.2, 0.25) is 19.6 Å². The molecule has 0 N–H and O–H groups in total. The van der Waals surface area contributed by atoms with Crippen LogP contribution in [0.1, 0.15) is 38.2 Å². The summed E-state index contributed by atoms with van der Waals surface area (Å²) in [6.07, 6.45) is 9.93. The van der Waals surface area contributed by atoms with Gasteiger partial charge in [0.2, 0.25) is 0 Å². The van der Waals surface area contributed by atoms with Gasteiger partial charge in [-0.1, -0.05) is 64.0 Å². The number of rotatable bonds is 7. The molecule has 0 saturated carbocycles. The lowest BCUT2D eigenvalue weighted by Gasteiger charge is -2.28. The van der Waals surface area contributed by atoms with Crippen molar-refractivity contribution in [2.45, 2.75) is 58.7 Å². The Morgan fingerprint density at radius 1 is 0.885 bits per heavy atom. The second kappa shape index (κ2) is 7.66. The lowest BCUT2D eigenvalue weighted by Crippen LogP contribution is -2.52. The zero-order chi connectivity index (χ0) is 18.7. The molecule has 26 heavy (non-hydrogen) atoms. The minimum Gasteiger partial charge on any atom is -0.267 e. The van der Waals surface area contributed by atoms with E-state index in [1.807, 2.05) is 46.0 Å². The van der Waals surface area contributed by atoms with Crippen LogP contribution >= 0.6 is 0 Å². The van der Waals surface area contributed by atoms with Gasteiger partial charge in [-0.3, -0.25) is 9.47 Å². The molecule has 3 rings (SSSR count). The van der Waals surface area contributed by atoms with Gasteiger partial charge in [-0.2, -0.15) is 0 Å². The molecule has 3 aromatic rings. The van der Waals surface area contributed by atoms with Crippen LogP contribution in [0.25, 0.3) is 10.8 Å². The molecular formula is C22H30N2OSi. The number of nitrogens with zero attached hydrogens (tertiary/aromatic N) is 2. The third-order valence-corrected chi connectivity index (χ3v) is 6.92. The van der Waals surface area contributed by atoms with Crippen LogP contribution < -0.4 is 10.9 Å². The number of unbranched alkanes of at least 4 members (excludes halogenated alkanes) is 3. The molecule has 0 spiro atoms. The van der Waals surface area contributed by atoms with Gasteiger partial charge in [0.15, 0.2) is 0 Å². The molecule has 0 unspecified atom stereocenters. The van der Waals surface area contributed by atoms with Crippen molar-refractivity contribution < 1.29 is 0 Å². The van der Waals surface area contributed by atoms with Crippen molar-refractivity contribution in [1.82, 2.24) is 9.35 Å². The van der Waals surface area contributed by atoms with Gasteiger partial charge in [0.25, 0.3) is 5.56 Å². The van der Waals surface area contributed by atoms with E-state index in [0.29, 0.717) is 0 Å². The van der Waals surface area contributed by atoms with Gasteiger partial charge >= 0.3 is 0 Å². The fourth-order valence-corrected chi connectivity index (χ4v) is 5.85. The molecule has 138 valence electrons. The summed E-state index contributed by atoms with van der Waals surface area (Å²) >= 11 is 0. The van der Waals surface area contributed by atoms with Gasteiger partial charge in [0.1, 0.15) is 8.07 Å². The minimum absolute atomic E-state index is 0.0894. The SMILES string of the molecule is CCCCCCc1c([Si](C)(C)C)n(-n2cccc2)c(=O)c2ccccc12. The second-order valence-electron chi connectivity index (χ2n) is 8.11. The molecule has 3 nitrogen and oxygen atoms in total. The highest BCUT2D eigenvalue weighted by molar-refractivity contribution is 6.88. The maximum Gasteiger partial charge on any atom is 0.277 e. The molecule has 0 bridgehead atoms. The van der Waals surface area contributed by atoms with Gasteiger partial charge < -0.3 is 0 Å². The number of hydrogen-bond acceptors (Lipinski definition) is 1. The Kier molecular flexibility index (Phi) is 5.51. The number of benzene rings is 1. The highest BCUT2D eigenvalue weighted by Gasteiger charge is 2.28. The predicted molar refractivity (Wildman–Crippen MR) is 114 cm³/mol. The smallest absolute Gasteiger partial charge is 0.267 e. The molecule has 0 aliphatic heterocycles. The van der Waals surface area contributed by atoms with Crippen LogP contribution in [-0.4, -0.2) is 17.4 Å². The summed E-state index contributed by atoms with van der Waals surface area (Å²) in [4.78, 5) is 13.4. The average Bonchev–Trinajstić information content (AvgIpc) is 3.13. The lowest BCUT2D eigenvalue weighted by molar-refractivity contribution is 0.641. The van der Waals surface area contributed by atoms with Crippen molar-refractivity contribution in [3.63, 3.8) is 0 Å². The van der Waals surface area contributed by atoms with E-state index in [4.69, 9.17) is 0 Å². The van der Waals surface area contributed by atoms with Crippen molar-refractivity contribution in [2.75, 3.05) is 0 Å². The summed E-state index contributed by atoms with van der Waals surface area (Å²) in [5.41, 5.74) is 1.47. The normalized spacial score (nSPS) is 12.0. The topological polar surface area (TPSA) is 26.9 Å². The van der Waals surface area contributed by atoms with E-state index in [1.54, 1.807) is 0 Å². The van der Waals surface area contributed by atoms with Crippen LogP contribution in [0.4, 0.5) is 0 Å². The van der Waals surface area contributed by atoms with Crippen LogP contribution in [0.3, 0.4) is 0 Å². The first-order chi connectivity index (χ1) is 12.4. The summed E-state index contributed by atoms with van der Waals surface area (Å²) < 4.78 is 3.89. The van der Waals surface area contributed by atoms with Crippen LogP contribution in [0.15, 0.2) is 53.6 Å². The third kappa shape index (κ3) is 3.56. The molecule has 2 heterocycles. The first-order valence-corrected chi connectivity index (χ1v) is 13.3. The lowest BCUT2D eigenvalue weighted by atomic mass is 10.0. The van der Waals surface area contributed by atoms with Crippen molar-refractivity contribution in [3.05, 3.63) is 64.7 Å². The predicted octanol–water partition coefficient (Wildman–Crippen LogP) is 4.78. The first-order valence-electron chi connectivity index (χ1n) is 9.76. The maximum atomic E-state index is 13.4. The van der Waals surface area contributed by atoms with Crippen LogP contribution in [0, 0.1) is 0 Å². The molecule has 4 heteroatoms. The molecule has 0 amide bonds. The Balaban J connectivity index is 2.31. The molecule has 0 radical (unpaired) electrons. The molecule has 2 aromatic heterocycles. The number of pyridine rings is 1. The van der Waals surface area contributed by atoms with E-state index in [0.717, 1.165) is 17.2 Å². The number of fused-ring (bicyclic) bond motifs is 1. The third-order valence-electron chi connectivity index (χ3n) is 4.98. The van der Waals surface area contributed by atoms with E-state index in [2.05, 4.69) is 38.7 Å². The van der Waals surface area contributed by atoms with E-state index in [-0.39, 0.29) is 5.56 Å². The summed E-state index contributed by atoms with van der Waals surface area (Å²) in [5, 5.41) is 3.23. The first kappa shape index (κ1) is 18.7. The summed E-state index contributed by atoms with van der Waals surface area (Å²) in [7, 11) is -1.75. The number of aryl methyl sites for hydroxylation is 1. The van der Waals surface area contributed by atoms with Gasteiger partial charge in [0.05, 0.1) is 0 Å². The molecular weight excluding hydrogens is 336 g/mol. The standard InChI is InChI=1S/C22H30N2OSi/c1-5-6-7-8-15-20-18-13-9-10-14-19(18)21(25)24(22(20)26(2,3)4)23-16-11-12-17-23/h9-14,16-17H,5-8,15H2,1-4H3. The molecule has 1 aromatic carbocycles. The van der Waals surface area contributed by atoms with Crippen molar-refractivity contribution in [1.29, 1.82) is 0 Å². The quantitative estimate of drug-likeness (QED) is 0.436. The Morgan fingerprint density at radius 3 is 2.15 bits per heavy atom. The molecule has 0 atom stereocenters. The van der Waals surface area contributed by atoms with Crippen LogP contribution in [-0.2, 0) is 6.42 Å². The van der Waals surface area contributed by atoms with E-state index < -0.39 is 8.07 Å². The molecule has 0 fully saturated rings. The zero-order valence-electron chi connectivity index (χ0n) is 16.5. The average molecular weight is 367 g/mol.